The quantitative estimate of drug-likeness (QED) is 0.703. The minimum atomic E-state index is 0.412. The molecular weight excluding hydrogens is 164 g/mol. The molecule has 1 aromatic rings. The summed E-state index contributed by atoms with van der Waals surface area (Å²) < 4.78 is 11.0. The smallest absolute Gasteiger partial charge is 0.169 e. The molecule has 0 bridgehead atoms. The van der Waals surface area contributed by atoms with Gasteiger partial charge in [0.15, 0.2) is 11.5 Å². The lowest BCUT2D eigenvalue weighted by atomic mass is 10.3. The van der Waals surface area contributed by atoms with Crippen LogP contribution in [-0.2, 0) is 0 Å². The van der Waals surface area contributed by atoms with Crippen molar-refractivity contribution in [2.75, 3.05) is 6.61 Å². The fourth-order valence-electron chi connectivity index (χ4n) is 1.12. The maximum Gasteiger partial charge on any atom is 0.169 e. The number of hydrogen-bond donors (Lipinski definition) is 0. The predicted molar refractivity (Wildman–Crippen MR) is 50.1 cm³/mol. The van der Waals surface area contributed by atoms with Gasteiger partial charge < -0.3 is 9.47 Å². The summed E-state index contributed by atoms with van der Waals surface area (Å²) in [6.45, 7) is 2.61. The first kappa shape index (κ1) is 8.42. The molecule has 1 fully saturated rings. The fraction of sp³-hybridized carbons (Fsp3) is 0.455. The van der Waals surface area contributed by atoms with Gasteiger partial charge in [-0.2, -0.15) is 0 Å². The van der Waals surface area contributed by atoms with Crippen LogP contribution in [0.4, 0.5) is 0 Å². The molecule has 1 saturated carbocycles. The minimum absolute atomic E-state index is 0.412. The average Bonchev–Trinajstić information content (AvgIpc) is 2.93. The van der Waals surface area contributed by atoms with Gasteiger partial charge in [0.2, 0.25) is 0 Å². The summed E-state index contributed by atoms with van der Waals surface area (Å²) in [6, 6.07) is 8.71. The molecule has 0 saturated heterocycles. The second-order valence-electron chi connectivity index (χ2n) is 3.11. The van der Waals surface area contributed by atoms with Gasteiger partial charge in [-0.05, 0) is 25.8 Å². The van der Waals surface area contributed by atoms with Crippen LogP contribution in [-0.4, -0.2) is 12.7 Å². The first-order valence-electron chi connectivity index (χ1n) is 4.70. The molecule has 1 aromatic carbocycles. The highest BCUT2D eigenvalue weighted by molar-refractivity contribution is 5.38. The fourth-order valence-corrected chi connectivity index (χ4v) is 1.12. The Kier molecular flexibility index (Phi) is 2.39. The third-order valence-electron chi connectivity index (χ3n) is 1.89. The number of benzene rings is 1. The van der Waals surface area contributed by atoms with Gasteiger partial charge in [0.1, 0.15) is 0 Å². The van der Waals surface area contributed by atoms with Crippen molar-refractivity contribution in [3.05, 3.63) is 24.3 Å². The molecule has 0 atom stereocenters. The lowest BCUT2D eigenvalue weighted by Gasteiger charge is -2.09. The first-order valence-corrected chi connectivity index (χ1v) is 4.70. The lowest BCUT2D eigenvalue weighted by molar-refractivity contribution is 0.267. The Morgan fingerprint density at radius 1 is 1.54 bits per heavy atom. The SMILES string of the molecule is CCOc1[c]cccc1OC1CC1. The Morgan fingerprint density at radius 2 is 2.38 bits per heavy atom. The van der Waals surface area contributed by atoms with Crippen LogP contribution in [0.5, 0.6) is 11.5 Å². The molecule has 2 rings (SSSR count). The van der Waals surface area contributed by atoms with Crippen LogP contribution in [0.25, 0.3) is 0 Å². The van der Waals surface area contributed by atoms with Gasteiger partial charge in [-0.25, -0.2) is 0 Å². The predicted octanol–water partition coefficient (Wildman–Crippen LogP) is 2.43. The second kappa shape index (κ2) is 3.69. The maximum atomic E-state index is 5.65. The third-order valence-corrected chi connectivity index (χ3v) is 1.89. The van der Waals surface area contributed by atoms with Gasteiger partial charge in [0.05, 0.1) is 12.7 Å². The molecule has 0 heterocycles. The van der Waals surface area contributed by atoms with E-state index in [1.807, 2.05) is 25.1 Å². The summed E-state index contributed by atoms with van der Waals surface area (Å²) in [4.78, 5) is 0. The van der Waals surface area contributed by atoms with Gasteiger partial charge in [0.25, 0.3) is 0 Å². The summed E-state index contributed by atoms with van der Waals surface area (Å²) >= 11 is 0. The van der Waals surface area contributed by atoms with Crippen LogP contribution in [0.1, 0.15) is 19.8 Å². The van der Waals surface area contributed by atoms with Crippen molar-refractivity contribution in [1.29, 1.82) is 0 Å². The van der Waals surface area contributed by atoms with E-state index in [2.05, 4.69) is 6.07 Å². The number of para-hydroxylation sites is 1. The summed E-state index contributed by atoms with van der Waals surface area (Å²) in [6.07, 6.45) is 2.75. The topological polar surface area (TPSA) is 18.5 Å². The number of hydrogen-bond acceptors (Lipinski definition) is 2. The van der Waals surface area contributed by atoms with Gasteiger partial charge in [0, 0.05) is 6.07 Å². The molecule has 0 spiro atoms. The number of ether oxygens (including phenoxy) is 2. The Morgan fingerprint density at radius 3 is 3.08 bits per heavy atom. The van der Waals surface area contributed by atoms with E-state index >= 15 is 0 Å². The summed E-state index contributed by atoms with van der Waals surface area (Å²) in [5.74, 6) is 1.56. The molecule has 1 aliphatic carbocycles. The van der Waals surface area contributed by atoms with Crippen molar-refractivity contribution in [2.24, 2.45) is 0 Å². The van der Waals surface area contributed by atoms with E-state index in [0.717, 1.165) is 11.5 Å². The lowest BCUT2D eigenvalue weighted by Crippen LogP contribution is -2.00. The van der Waals surface area contributed by atoms with Crippen molar-refractivity contribution in [1.82, 2.24) is 0 Å². The van der Waals surface area contributed by atoms with E-state index in [0.29, 0.717) is 12.7 Å². The Balaban J connectivity index is 2.10. The zero-order chi connectivity index (χ0) is 9.10. The van der Waals surface area contributed by atoms with E-state index in [4.69, 9.17) is 9.47 Å². The van der Waals surface area contributed by atoms with Crippen LogP contribution in [0.15, 0.2) is 18.2 Å². The van der Waals surface area contributed by atoms with Gasteiger partial charge in [-0.15, -0.1) is 0 Å². The van der Waals surface area contributed by atoms with E-state index in [-0.39, 0.29) is 0 Å². The largest absolute Gasteiger partial charge is 0.489 e. The average molecular weight is 177 g/mol. The van der Waals surface area contributed by atoms with Crippen LogP contribution in [0, 0.1) is 6.07 Å². The molecule has 13 heavy (non-hydrogen) atoms. The highest BCUT2D eigenvalue weighted by Crippen LogP contribution is 2.32. The van der Waals surface area contributed by atoms with Gasteiger partial charge in [-0.1, -0.05) is 12.1 Å². The first-order chi connectivity index (χ1) is 6.40. The van der Waals surface area contributed by atoms with E-state index in [1.54, 1.807) is 0 Å². The molecular formula is C11H13O2. The molecule has 2 nitrogen and oxygen atoms in total. The summed E-state index contributed by atoms with van der Waals surface area (Å²) in [7, 11) is 0. The van der Waals surface area contributed by atoms with Crippen LogP contribution in [0.2, 0.25) is 0 Å². The van der Waals surface area contributed by atoms with E-state index in [9.17, 15) is 0 Å². The standard InChI is InChI=1S/C11H13O2/c1-2-12-10-5-3-4-6-11(10)13-9-7-8-9/h3-4,6,9H,2,7-8H2,1H3. The van der Waals surface area contributed by atoms with Crippen molar-refractivity contribution in [3.8, 4) is 11.5 Å². The Labute approximate surface area is 78.5 Å². The van der Waals surface area contributed by atoms with E-state index < -0.39 is 0 Å². The zero-order valence-electron chi connectivity index (χ0n) is 7.75. The van der Waals surface area contributed by atoms with Crippen molar-refractivity contribution < 1.29 is 9.47 Å². The normalized spacial score (nSPS) is 15.5. The van der Waals surface area contributed by atoms with Crippen LogP contribution < -0.4 is 9.47 Å². The van der Waals surface area contributed by atoms with Crippen molar-refractivity contribution >= 4 is 0 Å². The second-order valence-corrected chi connectivity index (χ2v) is 3.11. The van der Waals surface area contributed by atoms with Gasteiger partial charge in [-0.3, -0.25) is 0 Å². The maximum absolute atomic E-state index is 5.65. The molecule has 0 amide bonds. The number of rotatable bonds is 4. The molecule has 0 aromatic heterocycles. The molecule has 0 aliphatic heterocycles. The minimum Gasteiger partial charge on any atom is -0.489 e. The third kappa shape index (κ3) is 2.14. The summed E-state index contributed by atoms with van der Waals surface area (Å²) in [5.41, 5.74) is 0. The summed E-state index contributed by atoms with van der Waals surface area (Å²) in [5, 5.41) is 0. The van der Waals surface area contributed by atoms with Crippen molar-refractivity contribution in [2.45, 2.75) is 25.9 Å². The van der Waals surface area contributed by atoms with Crippen LogP contribution >= 0.6 is 0 Å². The molecule has 69 valence electrons. The highest BCUT2D eigenvalue weighted by Gasteiger charge is 2.24. The van der Waals surface area contributed by atoms with Crippen molar-refractivity contribution in [3.63, 3.8) is 0 Å². The molecule has 1 aliphatic rings. The molecule has 0 N–H and O–H groups in total. The zero-order valence-corrected chi connectivity index (χ0v) is 7.75. The Hall–Kier alpha value is -1.18. The highest BCUT2D eigenvalue weighted by atomic mass is 16.5. The molecule has 0 unspecified atom stereocenters. The molecule has 1 radical (unpaired) electrons. The molecule has 2 heteroatoms. The van der Waals surface area contributed by atoms with E-state index in [1.165, 1.54) is 12.8 Å². The Bertz CT molecular complexity index is 279. The van der Waals surface area contributed by atoms with Crippen LogP contribution in [0.3, 0.4) is 0 Å². The van der Waals surface area contributed by atoms with Gasteiger partial charge >= 0.3 is 0 Å². The monoisotopic (exact) mass is 177 g/mol.